The quantitative estimate of drug-likeness (QED) is 0.482. The summed E-state index contributed by atoms with van der Waals surface area (Å²) < 4.78 is 51.9. The Kier molecular flexibility index (Phi) is 5.36. The van der Waals surface area contributed by atoms with E-state index in [0.29, 0.717) is 28.4 Å². The second-order valence-corrected chi connectivity index (χ2v) is 9.67. The summed E-state index contributed by atoms with van der Waals surface area (Å²) in [6.07, 6.45) is 3.43. The summed E-state index contributed by atoms with van der Waals surface area (Å²) in [5.41, 5.74) is 2.83. The maximum absolute atomic E-state index is 13.4. The van der Waals surface area contributed by atoms with Gasteiger partial charge in [0.2, 0.25) is 0 Å². The molecule has 182 valence electrons. The van der Waals surface area contributed by atoms with Gasteiger partial charge in [-0.3, -0.25) is 0 Å². The molecule has 0 bridgehead atoms. The zero-order chi connectivity index (χ0) is 25.1. The Morgan fingerprint density at radius 3 is 2.66 bits per heavy atom. The van der Waals surface area contributed by atoms with Gasteiger partial charge in [-0.1, -0.05) is 35.9 Å². The maximum Gasteiger partial charge on any atom is 0.416 e. The normalized spacial score (nSPS) is 23.7. The fraction of sp³-hybridized carbons (Fsp3) is 0.286. The van der Waals surface area contributed by atoms with Gasteiger partial charge in [-0.05, 0) is 62.2 Å². The van der Waals surface area contributed by atoms with Crippen LogP contribution in [0.1, 0.15) is 37.5 Å². The van der Waals surface area contributed by atoms with E-state index in [1.807, 2.05) is 6.08 Å². The van der Waals surface area contributed by atoms with Gasteiger partial charge in [0.15, 0.2) is 11.5 Å². The monoisotopic (exact) mass is 481 g/mol. The van der Waals surface area contributed by atoms with Gasteiger partial charge in [-0.15, -0.1) is 0 Å². The van der Waals surface area contributed by atoms with Crippen LogP contribution >= 0.6 is 0 Å². The second-order valence-electron chi connectivity index (χ2n) is 9.67. The molecule has 2 aliphatic heterocycles. The van der Waals surface area contributed by atoms with Crippen molar-refractivity contribution in [2.75, 3.05) is 7.11 Å². The van der Waals surface area contributed by atoms with Crippen molar-refractivity contribution in [2.45, 2.75) is 38.5 Å². The summed E-state index contributed by atoms with van der Waals surface area (Å²) in [5, 5.41) is 14.1. The highest BCUT2D eigenvalue weighted by molar-refractivity contribution is 5.91. The first kappa shape index (κ1) is 23.3. The summed E-state index contributed by atoms with van der Waals surface area (Å²) in [6.45, 7) is 6.25. The number of allylic oxidation sites excluding steroid dienone is 3. The Bertz CT molecular complexity index is 1330. The first-order valence-electron chi connectivity index (χ1n) is 11.4. The number of benzene rings is 2. The average molecular weight is 482 g/mol. The molecule has 2 unspecified atom stereocenters. The summed E-state index contributed by atoms with van der Waals surface area (Å²) in [5.74, 6) is 1.10. The third-order valence-electron chi connectivity index (χ3n) is 6.62. The predicted octanol–water partition coefficient (Wildman–Crippen LogP) is 6.49. The summed E-state index contributed by atoms with van der Waals surface area (Å²) in [7, 11) is 1.48. The minimum atomic E-state index is -4.44. The van der Waals surface area contributed by atoms with E-state index < -0.39 is 11.7 Å². The van der Waals surface area contributed by atoms with Crippen LogP contribution in [0.2, 0.25) is 0 Å². The number of hydrogen-bond acceptors (Lipinski definition) is 4. The standard InChI is InChI=1S/C28H26F3NO3/c1-15-14-27(2,3)32-19-9-8-18-24(23(15)19)22(13-16-6-5-7-17(12-16)28(29,30)31)35-21-11-10-20(33)26(34-4)25(18)21/h5-14,19,23,32-33H,1-4H3/b22-13-. The Morgan fingerprint density at radius 1 is 1.17 bits per heavy atom. The molecule has 35 heavy (non-hydrogen) atoms. The van der Waals surface area contributed by atoms with Crippen LogP contribution in [0, 0.1) is 5.92 Å². The number of aromatic hydroxyl groups is 1. The molecule has 0 saturated heterocycles. The zero-order valence-electron chi connectivity index (χ0n) is 19.8. The lowest BCUT2D eigenvalue weighted by Gasteiger charge is -2.44. The van der Waals surface area contributed by atoms with Crippen molar-refractivity contribution in [3.63, 3.8) is 0 Å². The molecule has 0 aromatic heterocycles. The predicted molar refractivity (Wildman–Crippen MR) is 129 cm³/mol. The summed E-state index contributed by atoms with van der Waals surface area (Å²) in [6, 6.07) is 8.27. The molecule has 0 fully saturated rings. The van der Waals surface area contributed by atoms with Crippen molar-refractivity contribution in [2.24, 2.45) is 5.92 Å². The van der Waals surface area contributed by atoms with Crippen molar-refractivity contribution in [1.82, 2.24) is 5.32 Å². The third kappa shape index (κ3) is 4.04. The van der Waals surface area contributed by atoms with Crippen LogP contribution in [-0.4, -0.2) is 23.8 Å². The molecule has 2 aromatic carbocycles. The lowest BCUT2D eigenvalue weighted by molar-refractivity contribution is -0.137. The Balaban J connectivity index is 1.75. The molecule has 2 aromatic rings. The van der Waals surface area contributed by atoms with E-state index in [2.05, 4.69) is 38.2 Å². The number of methoxy groups -OCH3 is 1. The van der Waals surface area contributed by atoms with Crippen molar-refractivity contribution < 1.29 is 27.8 Å². The minimum absolute atomic E-state index is 0.0160. The van der Waals surface area contributed by atoms with Crippen LogP contribution in [0.25, 0.3) is 11.6 Å². The van der Waals surface area contributed by atoms with E-state index in [0.717, 1.165) is 28.9 Å². The fourth-order valence-corrected chi connectivity index (χ4v) is 5.36. The third-order valence-corrected chi connectivity index (χ3v) is 6.62. The summed E-state index contributed by atoms with van der Waals surface area (Å²) >= 11 is 0. The molecule has 3 aliphatic rings. The largest absolute Gasteiger partial charge is 0.504 e. The van der Waals surface area contributed by atoms with E-state index in [1.54, 1.807) is 18.2 Å². The van der Waals surface area contributed by atoms with Gasteiger partial charge < -0.3 is 19.9 Å². The minimum Gasteiger partial charge on any atom is -0.504 e. The smallest absolute Gasteiger partial charge is 0.416 e. The van der Waals surface area contributed by atoms with Crippen molar-refractivity contribution in [3.05, 3.63) is 88.2 Å². The molecular formula is C28H26F3NO3. The maximum atomic E-state index is 13.4. The van der Waals surface area contributed by atoms with Gasteiger partial charge in [0, 0.05) is 23.1 Å². The molecule has 0 radical (unpaired) electrons. The van der Waals surface area contributed by atoms with E-state index in [-0.39, 0.29) is 23.2 Å². The number of fused-ring (bicyclic) bond motifs is 4. The highest BCUT2D eigenvalue weighted by Gasteiger charge is 2.42. The highest BCUT2D eigenvalue weighted by Crippen LogP contribution is 2.52. The number of phenols is 1. The van der Waals surface area contributed by atoms with Crippen LogP contribution in [-0.2, 0) is 6.18 Å². The average Bonchev–Trinajstić information content (AvgIpc) is 2.77. The second kappa shape index (κ2) is 8.05. The van der Waals surface area contributed by atoms with Gasteiger partial charge in [0.25, 0.3) is 0 Å². The lowest BCUT2D eigenvalue weighted by atomic mass is 9.71. The molecule has 7 heteroatoms. The number of alkyl halides is 3. The highest BCUT2D eigenvalue weighted by atomic mass is 19.4. The topological polar surface area (TPSA) is 50.7 Å². The van der Waals surface area contributed by atoms with E-state index in [1.165, 1.54) is 19.2 Å². The van der Waals surface area contributed by atoms with Crippen LogP contribution in [0.3, 0.4) is 0 Å². The molecule has 5 rings (SSSR count). The number of rotatable bonds is 2. The van der Waals surface area contributed by atoms with E-state index >= 15 is 0 Å². The lowest BCUT2D eigenvalue weighted by Crippen LogP contribution is -2.52. The van der Waals surface area contributed by atoms with Crippen LogP contribution in [0.4, 0.5) is 13.2 Å². The van der Waals surface area contributed by atoms with Crippen molar-refractivity contribution in [3.8, 4) is 17.2 Å². The number of ether oxygens (including phenoxy) is 2. The van der Waals surface area contributed by atoms with Gasteiger partial charge in [0.1, 0.15) is 11.5 Å². The molecule has 0 amide bonds. The number of halogens is 3. The first-order valence-corrected chi connectivity index (χ1v) is 11.4. The Morgan fingerprint density at radius 2 is 1.94 bits per heavy atom. The first-order chi connectivity index (χ1) is 16.5. The molecule has 2 heterocycles. The molecule has 1 aliphatic carbocycles. The molecule has 4 nitrogen and oxygen atoms in total. The summed E-state index contributed by atoms with van der Waals surface area (Å²) in [4.78, 5) is 0. The van der Waals surface area contributed by atoms with E-state index in [4.69, 9.17) is 9.47 Å². The van der Waals surface area contributed by atoms with Crippen LogP contribution in [0.15, 0.2) is 71.5 Å². The molecule has 0 spiro atoms. The Hall–Kier alpha value is -3.45. The van der Waals surface area contributed by atoms with Crippen molar-refractivity contribution in [1.29, 1.82) is 0 Å². The zero-order valence-corrected chi connectivity index (χ0v) is 19.8. The van der Waals surface area contributed by atoms with Gasteiger partial charge in [0.05, 0.1) is 18.2 Å². The molecule has 0 saturated carbocycles. The molecule has 2 N–H and O–H groups in total. The van der Waals surface area contributed by atoms with Gasteiger partial charge in [-0.25, -0.2) is 0 Å². The number of phenolic OH excluding ortho intramolecular Hbond substituents is 1. The van der Waals surface area contributed by atoms with Crippen LogP contribution < -0.4 is 14.8 Å². The molecule has 2 atom stereocenters. The van der Waals surface area contributed by atoms with Gasteiger partial charge >= 0.3 is 6.18 Å². The van der Waals surface area contributed by atoms with E-state index in [9.17, 15) is 18.3 Å². The Labute approximate surface area is 202 Å². The fourth-order valence-electron chi connectivity index (χ4n) is 5.36. The number of hydrogen-bond donors (Lipinski definition) is 2. The molecular weight excluding hydrogens is 455 g/mol. The van der Waals surface area contributed by atoms with Gasteiger partial charge in [-0.2, -0.15) is 13.2 Å². The van der Waals surface area contributed by atoms with Crippen LogP contribution in [0.5, 0.6) is 17.2 Å². The van der Waals surface area contributed by atoms with Crippen molar-refractivity contribution >= 4 is 11.6 Å². The number of nitrogens with one attached hydrogen (secondary N) is 1. The SMILES string of the molecule is COc1c(O)ccc2c1C1=C(/C(=C/c3cccc(C(F)(F)F)c3)O2)C2C(C)=CC(C)(C)NC2C=C1.